The Morgan fingerprint density at radius 3 is 0.787 bits per heavy atom. The van der Waals surface area contributed by atoms with Gasteiger partial charge in [0.2, 0.25) is 0 Å². The Labute approximate surface area is 294 Å². The first-order valence-electron chi connectivity index (χ1n) is 21.2. The smallest absolute Gasteiger partial charge is 0.313 e. The zero-order chi connectivity index (χ0) is 34.1. The Balaban J connectivity index is 3.32. The first-order valence-corrected chi connectivity index (χ1v) is 21.2. The van der Waals surface area contributed by atoms with Gasteiger partial charge in [-0.3, -0.25) is 9.59 Å². The van der Waals surface area contributed by atoms with Crippen LogP contribution in [-0.2, 0) is 14.3 Å². The van der Waals surface area contributed by atoms with Gasteiger partial charge in [0.05, 0.1) is 0 Å². The van der Waals surface area contributed by atoms with Crippen LogP contribution in [0.4, 0.5) is 0 Å². The number of esters is 2. The van der Waals surface area contributed by atoms with E-state index in [9.17, 15) is 9.59 Å². The molecule has 0 heterocycles. The predicted molar refractivity (Wildman–Crippen MR) is 207 cm³/mol. The first kappa shape index (κ1) is 45.6. The van der Waals surface area contributed by atoms with Crippen LogP contribution in [0.3, 0.4) is 0 Å². The third-order valence-electron chi connectivity index (χ3n) is 9.51. The van der Waals surface area contributed by atoms with E-state index in [4.69, 9.17) is 4.74 Å². The number of hydrogen-bond acceptors (Lipinski definition) is 3. The minimum absolute atomic E-state index is 0.329. The van der Waals surface area contributed by atoms with Crippen molar-refractivity contribution in [1.82, 2.24) is 0 Å². The molecule has 0 atom stereocenters. The largest absolute Gasteiger partial charge is 0.393 e. The summed E-state index contributed by atoms with van der Waals surface area (Å²) < 4.78 is 5.04. The molecule has 0 spiro atoms. The van der Waals surface area contributed by atoms with Gasteiger partial charge < -0.3 is 4.74 Å². The molecule has 0 saturated carbocycles. The second-order valence-electron chi connectivity index (χ2n) is 14.3. The van der Waals surface area contributed by atoms with Crippen molar-refractivity contribution in [3.05, 3.63) is 24.3 Å². The summed E-state index contributed by atoms with van der Waals surface area (Å²) in [6.45, 7) is 4.55. The van der Waals surface area contributed by atoms with Crippen molar-refractivity contribution >= 4 is 11.9 Å². The van der Waals surface area contributed by atoms with Crippen LogP contribution in [0.5, 0.6) is 0 Å². The molecule has 47 heavy (non-hydrogen) atoms. The van der Waals surface area contributed by atoms with Crippen LogP contribution in [0.25, 0.3) is 0 Å². The molecule has 0 aromatic heterocycles. The number of hydrogen-bond donors (Lipinski definition) is 0. The summed E-state index contributed by atoms with van der Waals surface area (Å²) in [5.41, 5.74) is 0. The molecule has 0 fully saturated rings. The molecular weight excluding hydrogens is 576 g/mol. The van der Waals surface area contributed by atoms with Gasteiger partial charge in [0.25, 0.3) is 0 Å². The third kappa shape index (κ3) is 40.7. The van der Waals surface area contributed by atoms with Crippen molar-refractivity contribution in [1.29, 1.82) is 0 Å². The lowest BCUT2D eigenvalue weighted by Crippen LogP contribution is -2.11. The van der Waals surface area contributed by atoms with Gasteiger partial charge in [-0.25, -0.2) is 0 Å². The average Bonchev–Trinajstić information content (AvgIpc) is 3.06. The molecule has 0 amide bonds. The van der Waals surface area contributed by atoms with E-state index in [-0.39, 0.29) is 11.9 Å². The summed E-state index contributed by atoms with van der Waals surface area (Å²) in [5, 5.41) is 0. The summed E-state index contributed by atoms with van der Waals surface area (Å²) in [6.07, 6.45) is 53.9. The monoisotopic (exact) mass is 659 g/mol. The molecular formula is C44H82O3. The predicted octanol–water partition coefficient (Wildman–Crippen LogP) is 15.3. The molecule has 0 radical (unpaired) electrons. The van der Waals surface area contributed by atoms with Gasteiger partial charge >= 0.3 is 11.9 Å². The van der Waals surface area contributed by atoms with E-state index in [1.54, 1.807) is 0 Å². The van der Waals surface area contributed by atoms with Crippen molar-refractivity contribution in [2.75, 3.05) is 0 Å². The minimum atomic E-state index is -0.329. The van der Waals surface area contributed by atoms with E-state index >= 15 is 0 Å². The number of ether oxygens (including phenoxy) is 1. The fraction of sp³-hybridized carbons (Fsp3) is 0.864. The topological polar surface area (TPSA) is 43.4 Å². The molecule has 0 bridgehead atoms. The fourth-order valence-corrected chi connectivity index (χ4v) is 6.32. The van der Waals surface area contributed by atoms with Crippen molar-refractivity contribution in [2.45, 2.75) is 245 Å². The van der Waals surface area contributed by atoms with Crippen LogP contribution in [0.1, 0.15) is 245 Å². The molecule has 0 rings (SSSR count). The van der Waals surface area contributed by atoms with E-state index in [0.717, 1.165) is 25.7 Å². The Bertz CT molecular complexity index is 636. The molecule has 3 heteroatoms. The van der Waals surface area contributed by atoms with Crippen molar-refractivity contribution in [3.8, 4) is 0 Å². The molecule has 0 unspecified atom stereocenters. The van der Waals surface area contributed by atoms with Crippen molar-refractivity contribution < 1.29 is 14.3 Å². The van der Waals surface area contributed by atoms with E-state index in [1.165, 1.54) is 193 Å². The molecule has 276 valence electrons. The van der Waals surface area contributed by atoms with Gasteiger partial charge in [0.15, 0.2) is 0 Å². The molecule has 0 aliphatic heterocycles. The Morgan fingerprint density at radius 2 is 0.532 bits per heavy atom. The molecule has 0 aliphatic rings. The highest BCUT2D eigenvalue weighted by Gasteiger charge is 2.10. The number of rotatable bonds is 38. The zero-order valence-corrected chi connectivity index (χ0v) is 32.0. The minimum Gasteiger partial charge on any atom is -0.393 e. The number of carbonyl (C=O) groups is 2. The highest BCUT2D eigenvalue weighted by molar-refractivity contribution is 5.85. The van der Waals surface area contributed by atoms with Gasteiger partial charge in [-0.15, -0.1) is 0 Å². The molecule has 0 aromatic rings. The third-order valence-corrected chi connectivity index (χ3v) is 9.51. The van der Waals surface area contributed by atoms with Crippen LogP contribution in [0.2, 0.25) is 0 Å². The molecule has 3 nitrogen and oxygen atoms in total. The van der Waals surface area contributed by atoms with Crippen LogP contribution in [0, 0.1) is 0 Å². The standard InChI is InChI=1S/C44H82O3/c1-3-5-7-9-11-13-15-17-19-21-23-25-27-29-31-33-35-37-39-41-43(45)47-44(46)42-40-38-36-34-32-30-28-26-24-22-20-18-16-14-12-10-8-6-4-2/h17-20H,3-16,21-42H2,1-2H3/b19-17+,20-18+. The van der Waals surface area contributed by atoms with Gasteiger partial charge in [0, 0.05) is 12.8 Å². The second kappa shape index (κ2) is 40.8. The maximum atomic E-state index is 12.0. The Hall–Kier alpha value is -1.38. The maximum absolute atomic E-state index is 12.0. The Kier molecular flexibility index (Phi) is 39.6. The SMILES string of the molecule is CCCCCCCC/C=C/CCCCCCCCCCCC(=O)OC(=O)CCCCCCCCCCC/C=C/CCCCCCCC. The van der Waals surface area contributed by atoms with Gasteiger partial charge in [0.1, 0.15) is 0 Å². The summed E-state index contributed by atoms with van der Waals surface area (Å²) in [7, 11) is 0. The highest BCUT2D eigenvalue weighted by atomic mass is 16.6. The van der Waals surface area contributed by atoms with Crippen LogP contribution < -0.4 is 0 Å². The van der Waals surface area contributed by atoms with Gasteiger partial charge in [-0.1, -0.05) is 192 Å². The highest BCUT2D eigenvalue weighted by Crippen LogP contribution is 2.15. The van der Waals surface area contributed by atoms with Crippen LogP contribution in [-0.4, -0.2) is 11.9 Å². The van der Waals surface area contributed by atoms with Crippen LogP contribution in [0.15, 0.2) is 24.3 Å². The lowest BCUT2D eigenvalue weighted by Gasteiger charge is -2.04. The maximum Gasteiger partial charge on any atom is 0.313 e. The number of unbranched alkanes of at least 4 members (excludes halogenated alkanes) is 30. The fourth-order valence-electron chi connectivity index (χ4n) is 6.32. The summed E-state index contributed by atoms with van der Waals surface area (Å²) in [5.74, 6) is -0.659. The van der Waals surface area contributed by atoms with Gasteiger partial charge in [-0.2, -0.15) is 0 Å². The zero-order valence-electron chi connectivity index (χ0n) is 32.0. The lowest BCUT2D eigenvalue weighted by atomic mass is 10.1. The molecule has 0 N–H and O–H groups in total. The van der Waals surface area contributed by atoms with E-state index < -0.39 is 0 Å². The molecule has 0 aliphatic carbocycles. The van der Waals surface area contributed by atoms with Crippen molar-refractivity contribution in [3.63, 3.8) is 0 Å². The number of carbonyl (C=O) groups excluding carboxylic acids is 2. The van der Waals surface area contributed by atoms with E-state index in [0.29, 0.717) is 12.8 Å². The lowest BCUT2D eigenvalue weighted by molar-refractivity contribution is -0.159. The van der Waals surface area contributed by atoms with Crippen LogP contribution >= 0.6 is 0 Å². The molecule has 0 saturated heterocycles. The Morgan fingerprint density at radius 1 is 0.319 bits per heavy atom. The van der Waals surface area contributed by atoms with Crippen molar-refractivity contribution in [2.24, 2.45) is 0 Å². The normalized spacial score (nSPS) is 11.7. The summed E-state index contributed by atoms with van der Waals surface area (Å²) >= 11 is 0. The molecule has 0 aromatic carbocycles. The second-order valence-corrected chi connectivity index (χ2v) is 14.3. The van der Waals surface area contributed by atoms with E-state index in [1.807, 2.05) is 0 Å². The van der Waals surface area contributed by atoms with E-state index in [2.05, 4.69) is 38.2 Å². The number of allylic oxidation sites excluding steroid dienone is 4. The first-order chi connectivity index (χ1) is 23.2. The summed E-state index contributed by atoms with van der Waals surface area (Å²) in [4.78, 5) is 24.0. The average molecular weight is 659 g/mol. The summed E-state index contributed by atoms with van der Waals surface area (Å²) in [6, 6.07) is 0. The quantitative estimate of drug-likeness (QED) is 0.0287. The van der Waals surface area contributed by atoms with Gasteiger partial charge in [-0.05, 0) is 64.2 Å².